The van der Waals surface area contributed by atoms with E-state index in [9.17, 15) is 9.59 Å². The topological polar surface area (TPSA) is 88.0 Å². The zero-order valence-corrected chi connectivity index (χ0v) is 12.9. The molecule has 2 aromatic carbocycles. The molecule has 0 saturated carbocycles. The number of aromatic carboxylic acids is 1. The summed E-state index contributed by atoms with van der Waals surface area (Å²) >= 11 is 5.81. The van der Waals surface area contributed by atoms with Crippen molar-refractivity contribution in [2.45, 2.75) is 0 Å². The van der Waals surface area contributed by atoms with Crippen molar-refractivity contribution in [2.24, 2.45) is 5.10 Å². The summed E-state index contributed by atoms with van der Waals surface area (Å²) in [7, 11) is 1.39. The van der Waals surface area contributed by atoms with Crippen molar-refractivity contribution >= 4 is 29.7 Å². The van der Waals surface area contributed by atoms with Gasteiger partial charge in [-0.25, -0.2) is 10.2 Å². The first-order valence-electron chi connectivity index (χ1n) is 6.51. The van der Waals surface area contributed by atoms with E-state index in [0.29, 0.717) is 16.1 Å². The van der Waals surface area contributed by atoms with Crippen molar-refractivity contribution in [1.82, 2.24) is 5.43 Å². The lowest BCUT2D eigenvalue weighted by Gasteiger charge is -2.05. The molecule has 23 heavy (non-hydrogen) atoms. The number of carbonyl (C=O) groups is 2. The highest BCUT2D eigenvalue weighted by atomic mass is 35.5. The maximum absolute atomic E-state index is 11.9. The van der Waals surface area contributed by atoms with Crippen molar-refractivity contribution in [1.29, 1.82) is 0 Å². The molecule has 2 aromatic rings. The molecule has 0 aliphatic carbocycles. The quantitative estimate of drug-likeness (QED) is 0.651. The number of rotatable bonds is 5. The van der Waals surface area contributed by atoms with Gasteiger partial charge in [0.2, 0.25) is 0 Å². The van der Waals surface area contributed by atoms with Gasteiger partial charge in [0, 0.05) is 10.6 Å². The van der Waals surface area contributed by atoms with E-state index in [4.69, 9.17) is 21.4 Å². The maximum atomic E-state index is 11.9. The first-order valence-corrected chi connectivity index (χ1v) is 6.89. The third kappa shape index (κ3) is 4.31. The molecule has 2 rings (SSSR count). The molecule has 2 N–H and O–H groups in total. The monoisotopic (exact) mass is 332 g/mol. The molecule has 0 aliphatic heterocycles. The Morgan fingerprint density at radius 2 is 2.04 bits per heavy atom. The van der Waals surface area contributed by atoms with Crippen LogP contribution in [-0.4, -0.2) is 30.3 Å². The molecular formula is C16H13ClN2O4. The number of carboxylic acids is 1. The fourth-order valence-corrected chi connectivity index (χ4v) is 2.02. The normalized spacial score (nSPS) is 10.5. The van der Waals surface area contributed by atoms with Gasteiger partial charge in [-0.2, -0.15) is 5.10 Å². The number of carbonyl (C=O) groups excluding carboxylic acids is 1. The summed E-state index contributed by atoms with van der Waals surface area (Å²) in [6.07, 6.45) is 1.34. The first kappa shape index (κ1) is 16.5. The van der Waals surface area contributed by atoms with Gasteiger partial charge in [0.05, 0.1) is 13.3 Å². The number of halogens is 1. The molecule has 0 fully saturated rings. The van der Waals surface area contributed by atoms with Crippen LogP contribution in [0.4, 0.5) is 0 Å². The summed E-state index contributed by atoms with van der Waals surface area (Å²) in [5.41, 5.74) is 3.24. The number of hydrazone groups is 1. The van der Waals surface area contributed by atoms with Crippen LogP contribution in [0.25, 0.3) is 0 Å². The van der Waals surface area contributed by atoms with Crippen LogP contribution in [0.15, 0.2) is 47.6 Å². The zero-order valence-electron chi connectivity index (χ0n) is 12.1. The number of ether oxygens (including phenoxy) is 1. The number of nitrogens with one attached hydrogen (secondary N) is 1. The Kier molecular flexibility index (Phi) is 5.32. The minimum absolute atomic E-state index is 0.0117. The Morgan fingerprint density at radius 3 is 2.70 bits per heavy atom. The van der Waals surface area contributed by atoms with Crippen LogP contribution in [0.1, 0.15) is 26.3 Å². The second-order valence-electron chi connectivity index (χ2n) is 4.47. The molecule has 118 valence electrons. The van der Waals surface area contributed by atoms with E-state index in [-0.39, 0.29) is 11.3 Å². The number of hydrogen-bond acceptors (Lipinski definition) is 4. The number of benzene rings is 2. The Hall–Kier alpha value is -2.86. The van der Waals surface area contributed by atoms with Gasteiger partial charge in [-0.05, 0) is 42.0 Å². The van der Waals surface area contributed by atoms with Crippen LogP contribution in [0.3, 0.4) is 0 Å². The standard InChI is InChI=1S/C16H13ClN2O4/c1-23-14-6-5-10(7-13(14)16(21)22)9-18-19-15(20)11-3-2-4-12(17)8-11/h2-9H,1H3,(H,19,20)(H,21,22)/b18-9+. The Morgan fingerprint density at radius 1 is 1.26 bits per heavy atom. The van der Waals surface area contributed by atoms with Crippen molar-refractivity contribution in [3.63, 3.8) is 0 Å². The van der Waals surface area contributed by atoms with Crippen LogP contribution in [0.2, 0.25) is 5.02 Å². The van der Waals surface area contributed by atoms with Gasteiger partial charge in [-0.3, -0.25) is 4.79 Å². The van der Waals surface area contributed by atoms with Crippen LogP contribution >= 0.6 is 11.6 Å². The molecule has 0 bridgehead atoms. The second-order valence-corrected chi connectivity index (χ2v) is 4.91. The highest BCUT2D eigenvalue weighted by Gasteiger charge is 2.11. The lowest BCUT2D eigenvalue weighted by atomic mass is 10.1. The fraction of sp³-hybridized carbons (Fsp3) is 0.0625. The summed E-state index contributed by atoms with van der Waals surface area (Å²) in [4.78, 5) is 23.0. The Balaban J connectivity index is 2.10. The summed E-state index contributed by atoms with van der Waals surface area (Å²) in [6, 6.07) is 11.0. The zero-order chi connectivity index (χ0) is 16.8. The molecule has 0 spiro atoms. The second kappa shape index (κ2) is 7.42. The largest absolute Gasteiger partial charge is 0.496 e. The SMILES string of the molecule is COc1ccc(/C=N/NC(=O)c2cccc(Cl)c2)cc1C(=O)O. The Labute approximate surface area is 137 Å². The molecule has 0 aliphatic rings. The summed E-state index contributed by atoms with van der Waals surface area (Å²) in [5, 5.41) is 13.4. The van der Waals surface area contributed by atoms with E-state index < -0.39 is 11.9 Å². The van der Waals surface area contributed by atoms with Crippen LogP contribution in [-0.2, 0) is 0 Å². The van der Waals surface area contributed by atoms with Crippen molar-refractivity contribution in [2.75, 3.05) is 7.11 Å². The molecule has 0 saturated heterocycles. The van der Waals surface area contributed by atoms with Crippen molar-refractivity contribution in [3.8, 4) is 5.75 Å². The molecule has 0 atom stereocenters. The van der Waals surface area contributed by atoms with E-state index >= 15 is 0 Å². The van der Waals surface area contributed by atoms with Crippen molar-refractivity contribution < 1.29 is 19.4 Å². The van der Waals surface area contributed by atoms with Crippen LogP contribution < -0.4 is 10.2 Å². The predicted molar refractivity (Wildman–Crippen MR) is 86.5 cm³/mol. The van der Waals surface area contributed by atoms with E-state index in [0.717, 1.165) is 0 Å². The molecule has 0 unspecified atom stereocenters. The molecule has 7 heteroatoms. The number of nitrogens with zero attached hydrogens (tertiary/aromatic N) is 1. The highest BCUT2D eigenvalue weighted by Crippen LogP contribution is 2.19. The summed E-state index contributed by atoms with van der Waals surface area (Å²) < 4.78 is 4.97. The van der Waals surface area contributed by atoms with Crippen LogP contribution in [0.5, 0.6) is 5.75 Å². The van der Waals surface area contributed by atoms with E-state index in [2.05, 4.69) is 10.5 Å². The third-order valence-corrected chi connectivity index (χ3v) is 3.16. The third-order valence-electron chi connectivity index (χ3n) is 2.92. The van der Waals surface area contributed by atoms with Gasteiger partial charge >= 0.3 is 5.97 Å². The van der Waals surface area contributed by atoms with E-state index in [1.54, 1.807) is 24.3 Å². The minimum Gasteiger partial charge on any atom is -0.496 e. The van der Waals surface area contributed by atoms with Gasteiger partial charge in [0.15, 0.2) is 0 Å². The van der Waals surface area contributed by atoms with E-state index in [1.807, 2.05) is 0 Å². The van der Waals surface area contributed by atoms with Gasteiger partial charge in [-0.15, -0.1) is 0 Å². The number of amides is 1. The van der Waals surface area contributed by atoms with Gasteiger partial charge in [0.25, 0.3) is 5.91 Å². The molecule has 6 nitrogen and oxygen atoms in total. The lowest BCUT2D eigenvalue weighted by Crippen LogP contribution is -2.17. The van der Waals surface area contributed by atoms with Crippen LogP contribution in [0, 0.1) is 0 Å². The summed E-state index contributed by atoms with van der Waals surface area (Å²) in [5.74, 6) is -1.28. The maximum Gasteiger partial charge on any atom is 0.339 e. The smallest absolute Gasteiger partial charge is 0.339 e. The fourth-order valence-electron chi connectivity index (χ4n) is 1.83. The molecular weight excluding hydrogens is 320 g/mol. The average Bonchev–Trinajstić information content (AvgIpc) is 2.54. The van der Waals surface area contributed by atoms with Gasteiger partial charge in [0.1, 0.15) is 11.3 Å². The highest BCUT2D eigenvalue weighted by molar-refractivity contribution is 6.30. The molecule has 0 aromatic heterocycles. The molecule has 0 heterocycles. The summed E-state index contributed by atoms with van der Waals surface area (Å²) in [6.45, 7) is 0. The molecule has 1 amide bonds. The number of carboxylic acid groups (broad SMARTS) is 1. The van der Waals surface area contributed by atoms with Crippen molar-refractivity contribution in [3.05, 3.63) is 64.2 Å². The predicted octanol–water partition coefficient (Wildman–Crippen LogP) is 2.81. The van der Waals surface area contributed by atoms with Gasteiger partial charge < -0.3 is 9.84 Å². The average molecular weight is 333 g/mol. The minimum atomic E-state index is -1.11. The van der Waals surface area contributed by atoms with E-state index in [1.165, 1.54) is 31.5 Å². The van der Waals surface area contributed by atoms with Gasteiger partial charge in [-0.1, -0.05) is 17.7 Å². The molecule has 0 radical (unpaired) electrons. The number of hydrogen-bond donors (Lipinski definition) is 2. The lowest BCUT2D eigenvalue weighted by molar-refractivity contribution is 0.0693. The number of methoxy groups -OCH3 is 1. The Bertz CT molecular complexity index is 774. The first-order chi connectivity index (χ1) is 11.0.